The minimum absolute atomic E-state index is 0.286. The average molecular weight is 271 g/mol. The number of nitrogens with two attached hydrogens (primary N) is 1. The van der Waals surface area contributed by atoms with E-state index in [4.69, 9.17) is 17.3 Å². The zero-order valence-electron chi connectivity index (χ0n) is 10.3. The van der Waals surface area contributed by atoms with Crippen molar-refractivity contribution in [3.63, 3.8) is 0 Å². The van der Waals surface area contributed by atoms with Crippen molar-refractivity contribution < 1.29 is 0 Å². The van der Waals surface area contributed by atoms with Crippen LogP contribution in [0.4, 0.5) is 5.82 Å². The van der Waals surface area contributed by atoms with Gasteiger partial charge in [0, 0.05) is 16.6 Å². The van der Waals surface area contributed by atoms with Gasteiger partial charge in [0.2, 0.25) is 0 Å². The van der Waals surface area contributed by atoms with Gasteiger partial charge in [0.1, 0.15) is 17.2 Å². The molecule has 4 nitrogen and oxygen atoms in total. The number of anilines is 1. The predicted octanol–water partition coefficient (Wildman–Crippen LogP) is 3.24. The van der Waals surface area contributed by atoms with E-state index in [0.717, 1.165) is 22.2 Å². The fourth-order valence-electron chi connectivity index (χ4n) is 1.96. The second-order valence-corrected chi connectivity index (χ2v) is 4.66. The molecular weight excluding hydrogens is 260 g/mol. The molecule has 0 bridgehead atoms. The lowest BCUT2D eigenvalue weighted by molar-refractivity contribution is 1.18. The third-order valence-corrected chi connectivity index (χ3v) is 3.29. The number of nitrogens with zero attached hydrogens (tertiary/aromatic N) is 3. The van der Waals surface area contributed by atoms with E-state index in [1.165, 1.54) is 6.33 Å². The first-order valence-electron chi connectivity index (χ1n) is 5.79. The molecule has 3 aromatic rings. The number of aromatic nitrogens is 3. The van der Waals surface area contributed by atoms with E-state index in [1.54, 1.807) is 0 Å². The molecule has 0 saturated heterocycles. The summed E-state index contributed by atoms with van der Waals surface area (Å²) in [6, 6.07) is 9.88. The number of rotatable bonds is 1. The highest BCUT2D eigenvalue weighted by Gasteiger charge is 2.09. The Hall–Kier alpha value is -2.20. The average Bonchev–Trinajstić information content (AvgIpc) is 2.41. The van der Waals surface area contributed by atoms with Crippen LogP contribution >= 0.6 is 11.6 Å². The number of aryl methyl sites for hydroxylation is 1. The molecular formula is C14H11ClN4. The second kappa shape index (κ2) is 4.48. The van der Waals surface area contributed by atoms with E-state index in [9.17, 15) is 0 Å². The molecule has 0 fully saturated rings. The van der Waals surface area contributed by atoms with Crippen molar-refractivity contribution >= 4 is 28.3 Å². The largest absolute Gasteiger partial charge is 0.382 e. The molecule has 2 aromatic heterocycles. The molecule has 1 aromatic carbocycles. The van der Waals surface area contributed by atoms with E-state index in [0.29, 0.717) is 10.7 Å². The summed E-state index contributed by atoms with van der Waals surface area (Å²) in [5.74, 6) is 0.286. The smallest absolute Gasteiger partial charge is 0.146 e. The summed E-state index contributed by atoms with van der Waals surface area (Å²) in [5, 5.41) is 1.42. The van der Waals surface area contributed by atoms with Gasteiger partial charge < -0.3 is 5.73 Å². The summed E-state index contributed by atoms with van der Waals surface area (Å²) < 4.78 is 0. The molecule has 5 heteroatoms. The molecule has 0 saturated carbocycles. The first-order valence-corrected chi connectivity index (χ1v) is 6.17. The Balaban J connectivity index is 2.20. The lowest BCUT2D eigenvalue weighted by atomic mass is 10.1. The summed E-state index contributed by atoms with van der Waals surface area (Å²) >= 11 is 6.14. The van der Waals surface area contributed by atoms with Crippen LogP contribution in [-0.4, -0.2) is 15.0 Å². The number of nitrogen functional groups attached to an aromatic ring is 1. The molecule has 0 spiro atoms. The van der Waals surface area contributed by atoms with E-state index in [2.05, 4.69) is 15.0 Å². The van der Waals surface area contributed by atoms with E-state index in [1.807, 2.05) is 37.3 Å². The van der Waals surface area contributed by atoms with Crippen LogP contribution in [0.3, 0.4) is 0 Å². The minimum atomic E-state index is 0.286. The van der Waals surface area contributed by atoms with Gasteiger partial charge in [-0.1, -0.05) is 23.7 Å². The molecule has 2 N–H and O–H groups in total. The van der Waals surface area contributed by atoms with E-state index < -0.39 is 0 Å². The van der Waals surface area contributed by atoms with E-state index >= 15 is 0 Å². The van der Waals surface area contributed by atoms with Crippen molar-refractivity contribution in [3.8, 4) is 11.3 Å². The number of halogens is 1. The third kappa shape index (κ3) is 2.11. The lowest BCUT2D eigenvalue weighted by Gasteiger charge is -2.06. The topological polar surface area (TPSA) is 64.7 Å². The number of pyridine rings is 1. The van der Waals surface area contributed by atoms with Crippen LogP contribution in [0.25, 0.3) is 22.2 Å². The molecule has 0 aliphatic heterocycles. The van der Waals surface area contributed by atoms with Gasteiger partial charge in [-0.25, -0.2) is 9.97 Å². The van der Waals surface area contributed by atoms with Gasteiger partial charge in [-0.15, -0.1) is 0 Å². The van der Waals surface area contributed by atoms with Crippen molar-refractivity contribution in [2.75, 3.05) is 5.73 Å². The zero-order valence-corrected chi connectivity index (χ0v) is 11.0. The van der Waals surface area contributed by atoms with Crippen molar-refractivity contribution in [2.24, 2.45) is 0 Å². The number of hydrogen-bond acceptors (Lipinski definition) is 4. The maximum atomic E-state index is 6.14. The summed E-state index contributed by atoms with van der Waals surface area (Å²) in [6.45, 7) is 1.97. The Morgan fingerprint density at radius 3 is 2.79 bits per heavy atom. The van der Waals surface area contributed by atoms with Crippen LogP contribution in [0.2, 0.25) is 5.02 Å². The molecule has 0 aliphatic carbocycles. The minimum Gasteiger partial charge on any atom is -0.382 e. The highest BCUT2D eigenvalue weighted by Crippen LogP contribution is 2.30. The Morgan fingerprint density at radius 1 is 1.11 bits per heavy atom. The second-order valence-electron chi connectivity index (χ2n) is 4.28. The summed E-state index contributed by atoms with van der Waals surface area (Å²) in [5.41, 5.74) is 9.17. The Bertz CT molecular complexity index is 770. The van der Waals surface area contributed by atoms with Crippen LogP contribution < -0.4 is 5.73 Å². The molecule has 0 amide bonds. The zero-order chi connectivity index (χ0) is 13.4. The first-order chi connectivity index (χ1) is 9.15. The summed E-state index contributed by atoms with van der Waals surface area (Å²) in [7, 11) is 0. The maximum Gasteiger partial charge on any atom is 0.146 e. The van der Waals surface area contributed by atoms with Gasteiger partial charge in [0.15, 0.2) is 0 Å². The molecule has 0 atom stereocenters. The van der Waals surface area contributed by atoms with Crippen LogP contribution in [0, 0.1) is 6.92 Å². The highest BCUT2D eigenvalue weighted by molar-refractivity contribution is 6.35. The normalized spacial score (nSPS) is 10.8. The molecule has 0 radical (unpaired) electrons. The fourth-order valence-corrected chi connectivity index (χ4v) is 2.17. The van der Waals surface area contributed by atoms with Gasteiger partial charge in [-0.05, 0) is 25.1 Å². The molecule has 19 heavy (non-hydrogen) atoms. The number of hydrogen-bond donors (Lipinski definition) is 1. The van der Waals surface area contributed by atoms with E-state index in [-0.39, 0.29) is 5.82 Å². The quantitative estimate of drug-likeness (QED) is 0.737. The fraction of sp³-hybridized carbons (Fsp3) is 0.0714. The summed E-state index contributed by atoms with van der Waals surface area (Å²) in [4.78, 5) is 12.5. The van der Waals surface area contributed by atoms with Crippen LogP contribution in [0.15, 0.2) is 36.7 Å². The van der Waals surface area contributed by atoms with Crippen LogP contribution in [0.1, 0.15) is 5.69 Å². The van der Waals surface area contributed by atoms with Gasteiger partial charge in [0.05, 0.1) is 11.2 Å². The predicted molar refractivity (Wildman–Crippen MR) is 76.9 cm³/mol. The molecule has 2 heterocycles. The van der Waals surface area contributed by atoms with Crippen LogP contribution in [-0.2, 0) is 0 Å². The standard InChI is InChI=1S/C14H11ClN4/c1-8-2-3-9-6-10(4-5-11(9)19-8)13-12(15)14(16)18-7-17-13/h2-7H,1H3,(H2,16,17,18). The lowest BCUT2D eigenvalue weighted by Crippen LogP contribution is -1.95. The van der Waals surface area contributed by atoms with Gasteiger partial charge in [-0.3, -0.25) is 4.98 Å². The Kier molecular flexibility index (Phi) is 2.80. The highest BCUT2D eigenvalue weighted by atomic mass is 35.5. The Morgan fingerprint density at radius 2 is 1.95 bits per heavy atom. The molecule has 94 valence electrons. The number of benzene rings is 1. The first kappa shape index (κ1) is 11.9. The molecule has 3 rings (SSSR count). The SMILES string of the molecule is Cc1ccc2cc(-c3ncnc(N)c3Cl)ccc2n1. The maximum absolute atomic E-state index is 6.14. The van der Waals surface area contributed by atoms with Crippen molar-refractivity contribution in [1.29, 1.82) is 0 Å². The van der Waals surface area contributed by atoms with Gasteiger partial charge in [0.25, 0.3) is 0 Å². The molecule has 0 unspecified atom stereocenters. The Labute approximate surface area is 115 Å². The van der Waals surface area contributed by atoms with Crippen molar-refractivity contribution in [1.82, 2.24) is 15.0 Å². The number of fused-ring (bicyclic) bond motifs is 1. The molecule has 0 aliphatic rings. The monoisotopic (exact) mass is 270 g/mol. The van der Waals surface area contributed by atoms with Gasteiger partial charge in [-0.2, -0.15) is 0 Å². The summed E-state index contributed by atoms with van der Waals surface area (Å²) in [6.07, 6.45) is 1.41. The van der Waals surface area contributed by atoms with Crippen molar-refractivity contribution in [3.05, 3.63) is 47.4 Å². The van der Waals surface area contributed by atoms with Gasteiger partial charge >= 0.3 is 0 Å². The third-order valence-electron chi connectivity index (χ3n) is 2.92. The van der Waals surface area contributed by atoms with Crippen LogP contribution in [0.5, 0.6) is 0 Å². The van der Waals surface area contributed by atoms with Crippen molar-refractivity contribution in [2.45, 2.75) is 6.92 Å².